The largest absolute Gasteiger partial charge is 0.507 e. The summed E-state index contributed by atoms with van der Waals surface area (Å²) in [6.45, 7) is 0. The van der Waals surface area contributed by atoms with E-state index in [1.165, 1.54) is 12.1 Å². The molecule has 2 aromatic carbocycles. The maximum atomic E-state index is 13.7. The van der Waals surface area contributed by atoms with Crippen LogP contribution < -0.4 is 5.73 Å². The number of nitrogens with two attached hydrogens (primary N) is 1. The number of phenolic OH excluding ortho intramolecular Hbond substituents is 1. The number of hydrogen-bond acceptors (Lipinski definition) is 2. The van der Waals surface area contributed by atoms with Gasteiger partial charge >= 0.3 is 0 Å². The maximum absolute atomic E-state index is 13.7. The van der Waals surface area contributed by atoms with Crippen molar-refractivity contribution in [3.63, 3.8) is 0 Å². The van der Waals surface area contributed by atoms with Crippen LogP contribution in [-0.4, -0.2) is 5.11 Å². The highest BCUT2D eigenvalue weighted by Gasteiger charge is 2.16. The first-order chi connectivity index (χ1) is 8.00. The summed E-state index contributed by atoms with van der Waals surface area (Å²) in [5.74, 6) is -1.68. The van der Waals surface area contributed by atoms with Crippen LogP contribution in [0.15, 0.2) is 30.3 Å². The molecule has 0 bridgehead atoms. The molecule has 0 aromatic heterocycles. The van der Waals surface area contributed by atoms with E-state index in [0.717, 1.165) is 18.2 Å². The molecule has 3 N–H and O–H groups in total. The Hall–Kier alpha value is -1.81. The lowest BCUT2D eigenvalue weighted by molar-refractivity contribution is 0.475. The summed E-state index contributed by atoms with van der Waals surface area (Å²) >= 11 is 5.61. The molecule has 0 aliphatic carbocycles. The molecule has 5 heteroatoms. The molecule has 17 heavy (non-hydrogen) atoms. The van der Waals surface area contributed by atoms with Crippen LogP contribution >= 0.6 is 11.6 Å². The van der Waals surface area contributed by atoms with Crippen LogP contribution in [-0.2, 0) is 0 Å². The van der Waals surface area contributed by atoms with E-state index in [0.29, 0.717) is 0 Å². The van der Waals surface area contributed by atoms with Crippen LogP contribution in [0.25, 0.3) is 11.1 Å². The molecule has 0 aliphatic heterocycles. The van der Waals surface area contributed by atoms with Crippen molar-refractivity contribution in [3.8, 4) is 16.9 Å². The average molecular weight is 256 g/mol. The first kappa shape index (κ1) is 11.7. The van der Waals surface area contributed by atoms with Crippen molar-refractivity contribution >= 4 is 17.3 Å². The van der Waals surface area contributed by atoms with Gasteiger partial charge in [0.15, 0.2) is 0 Å². The van der Waals surface area contributed by atoms with Gasteiger partial charge in [0.05, 0.1) is 11.3 Å². The first-order valence-electron chi connectivity index (χ1n) is 4.73. The van der Waals surface area contributed by atoms with Gasteiger partial charge in [-0.3, -0.25) is 0 Å². The Morgan fingerprint density at radius 2 is 1.76 bits per heavy atom. The fourth-order valence-electron chi connectivity index (χ4n) is 1.56. The quantitative estimate of drug-likeness (QED) is 0.765. The van der Waals surface area contributed by atoms with Crippen molar-refractivity contribution in [3.05, 3.63) is 47.0 Å². The normalized spacial score (nSPS) is 10.5. The zero-order valence-corrected chi connectivity index (χ0v) is 9.30. The minimum Gasteiger partial charge on any atom is -0.507 e. The monoisotopic (exact) mass is 255 g/mol. The molecule has 0 saturated heterocycles. The highest BCUT2D eigenvalue weighted by molar-refractivity contribution is 6.30. The third-order valence-electron chi connectivity index (χ3n) is 2.37. The molecule has 0 spiro atoms. The zero-order chi connectivity index (χ0) is 12.6. The molecule has 2 nitrogen and oxygen atoms in total. The van der Waals surface area contributed by atoms with Gasteiger partial charge in [0, 0.05) is 10.6 Å². The van der Waals surface area contributed by atoms with Crippen molar-refractivity contribution < 1.29 is 13.9 Å². The van der Waals surface area contributed by atoms with Crippen LogP contribution in [0.4, 0.5) is 14.5 Å². The summed E-state index contributed by atoms with van der Waals surface area (Å²) < 4.78 is 26.9. The van der Waals surface area contributed by atoms with Crippen molar-refractivity contribution in [2.75, 3.05) is 5.73 Å². The van der Waals surface area contributed by atoms with E-state index in [9.17, 15) is 13.9 Å². The van der Waals surface area contributed by atoms with Crippen molar-refractivity contribution in [2.24, 2.45) is 0 Å². The molecule has 0 atom stereocenters. The van der Waals surface area contributed by atoms with E-state index in [-0.39, 0.29) is 27.6 Å². The summed E-state index contributed by atoms with van der Waals surface area (Å²) in [6.07, 6.45) is 0. The number of halogens is 3. The predicted molar refractivity (Wildman–Crippen MR) is 62.9 cm³/mol. The lowest BCUT2D eigenvalue weighted by Gasteiger charge is -2.10. The number of hydrogen-bond donors (Lipinski definition) is 2. The number of rotatable bonds is 1. The Bertz CT molecular complexity index is 587. The van der Waals surface area contributed by atoms with Gasteiger partial charge in [0.25, 0.3) is 0 Å². The van der Waals surface area contributed by atoms with Gasteiger partial charge in [-0.2, -0.15) is 0 Å². The van der Waals surface area contributed by atoms with E-state index in [1.807, 2.05) is 0 Å². The third kappa shape index (κ3) is 2.03. The van der Waals surface area contributed by atoms with E-state index >= 15 is 0 Å². The van der Waals surface area contributed by atoms with Gasteiger partial charge in [-0.25, -0.2) is 8.78 Å². The van der Waals surface area contributed by atoms with Gasteiger partial charge in [-0.15, -0.1) is 0 Å². The fraction of sp³-hybridized carbons (Fsp3) is 0. The van der Waals surface area contributed by atoms with Crippen LogP contribution in [0.3, 0.4) is 0 Å². The molecule has 0 aliphatic rings. The molecule has 0 heterocycles. The molecular weight excluding hydrogens is 248 g/mol. The molecule has 0 unspecified atom stereocenters. The van der Waals surface area contributed by atoms with Gasteiger partial charge < -0.3 is 10.8 Å². The second-order valence-corrected chi connectivity index (χ2v) is 3.92. The lowest BCUT2D eigenvalue weighted by atomic mass is 10.0. The van der Waals surface area contributed by atoms with Crippen molar-refractivity contribution in [1.29, 1.82) is 0 Å². The molecule has 2 rings (SSSR count). The summed E-state index contributed by atoms with van der Waals surface area (Å²) in [5, 5.41) is 9.83. The number of nitrogen functional groups attached to an aromatic ring is 1. The second kappa shape index (κ2) is 4.22. The van der Waals surface area contributed by atoms with Crippen molar-refractivity contribution in [1.82, 2.24) is 0 Å². The molecule has 0 saturated carbocycles. The summed E-state index contributed by atoms with van der Waals surface area (Å²) in [6, 6.07) is 5.98. The molecule has 0 amide bonds. The summed E-state index contributed by atoms with van der Waals surface area (Å²) in [7, 11) is 0. The number of phenols is 1. The van der Waals surface area contributed by atoms with Crippen LogP contribution in [0.2, 0.25) is 5.02 Å². The van der Waals surface area contributed by atoms with Gasteiger partial charge in [-0.05, 0) is 30.3 Å². The Morgan fingerprint density at radius 1 is 1.06 bits per heavy atom. The smallest absolute Gasteiger partial charge is 0.146 e. The highest BCUT2D eigenvalue weighted by Crippen LogP contribution is 2.37. The summed E-state index contributed by atoms with van der Waals surface area (Å²) in [5.41, 5.74) is 5.12. The third-order valence-corrected chi connectivity index (χ3v) is 2.61. The Labute approximate surface area is 101 Å². The number of aromatic hydroxyl groups is 1. The van der Waals surface area contributed by atoms with Gasteiger partial charge in [-0.1, -0.05) is 11.6 Å². The van der Waals surface area contributed by atoms with Crippen molar-refractivity contribution in [2.45, 2.75) is 0 Å². The van der Waals surface area contributed by atoms with Crippen LogP contribution in [0.5, 0.6) is 5.75 Å². The lowest BCUT2D eigenvalue weighted by Crippen LogP contribution is -1.96. The molecule has 0 radical (unpaired) electrons. The van der Waals surface area contributed by atoms with Crippen LogP contribution in [0.1, 0.15) is 0 Å². The topological polar surface area (TPSA) is 46.2 Å². The average Bonchev–Trinajstić information content (AvgIpc) is 2.27. The second-order valence-electron chi connectivity index (χ2n) is 3.48. The number of benzene rings is 2. The summed E-state index contributed by atoms with van der Waals surface area (Å²) in [4.78, 5) is 0. The van der Waals surface area contributed by atoms with Crippen LogP contribution in [0, 0.1) is 11.6 Å². The Morgan fingerprint density at radius 3 is 2.41 bits per heavy atom. The van der Waals surface area contributed by atoms with E-state index in [4.69, 9.17) is 17.3 Å². The standard InChI is InChI=1S/C12H8ClF2NO/c13-6-1-2-7(9(15)5-6)11-10(17)4-3-8(14)12(11)16/h1-5,17H,16H2. The molecule has 2 aromatic rings. The van der Waals surface area contributed by atoms with Gasteiger partial charge in [0.2, 0.25) is 0 Å². The molecule has 88 valence electrons. The molecular formula is C12H8ClF2NO. The zero-order valence-electron chi connectivity index (χ0n) is 8.55. The highest BCUT2D eigenvalue weighted by atomic mass is 35.5. The minimum atomic E-state index is -0.716. The SMILES string of the molecule is Nc1c(F)ccc(O)c1-c1ccc(Cl)cc1F. The maximum Gasteiger partial charge on any atom is 0.146 e. The fourth-order valence-corrected chi connectivity index (χ4v) is 1.72. The predicted octanol–water partition coefficient (Wildman–Crippen LogP) is 3.57. The number of anilines is 1. The molecule has 0 fully saturated rings. The van der Waals surface area contributed by atoms with E-state index in [2.05, 4.69) is 0 Å². The van der Waals surface area contributed by atoms with E-state index in [1.54, 1.807) is 0 Å². The van der Waals surface area contributed by atoms with E-state index < -0.39 is 11.6 Å². The first-order valence-corrected chi connectivity index (χ1v) is 5.11. The van der Waals surface area contributed by atoms with Gasteiger partial charge in [0.1, 0.15) is 17.4 Å². The Balaban J connectivity index is 2.72. The minimum absolute atomic E-state index is 0.00361. The Kier molecular flexibility index (Phi) is 2.90.